The number of amides is 2. The summed E-state index contributed by atoms with van der Waals surface area (Å²) >= 11 is 12.2. The van der Waals surface area contributed by atoms with Crippen LogP contribution in [0, 0.1) is 18.3 Å². The molecule has 2 aromatic rings. The largest absolute Gasteiger partial charge is 0.342 e. The molecule has 2 N–H and O–H groups in total. The Hall–Kier alpha value is -2.62. The van der Waals surface area contributed by atoms with Crippen molar-refractivity contribution in [2.24, 2.45) is 0 Å². The second kappa shape index (κ2) is 8.17. The van der Waals surface area contributed by atoms with E-state index in [2.05, 4.69) is 15.6 Å². The molecule has 1 saturated carbocycles. The molecular weight excluding hydrogens is 399 g/mol. The van der Waals surface area contributed by atoms with Gasteiger partial charge in [0.2, 0.25) is 0 Å². The Morgan fingerprint density at radius 1 is 1.21 bits per heavy atom. The maximum atomic E-state index is 12.4. The van der Waals surface area contributed by atoms with Crippen LogP contribution < -0.4 is 10.6 Å². The SMILES string of the molecule is Cc1nc(NC(=O)C(=O)NC2(Cc3ccc(Cl)cc3Cl)CCC2)ccc1C#N. The molecule has 0 radical (unpaired) electrons. The second-order valence-corrected chi connectivity index (χ2v) is 7.74. The van der Waals surface area contributed by atoms with Crippen molar-refractivity contribution >= 4 is 40.8 Å². The number of hydrogen-bond acceptors (Lipinski definition) is 4. The average Bonchev–Trinajstić information content (AvgIpc) is 2.62. The van der Waals surface area contributed by atoms with E-state index >= 15 is 0 Å². The van der Waals surface area contributed by atoms with Crippen LogP contribution in [0.15, 0.2) is 30.3 Å². The Balaban J connectivity index is 1.67. The van der Waals surface area contributed by atoms with Gasteiger partial charge in [-0.15, -0.1) is 0 Å². The van der Waals surface area contributed by atoms with E-state index in [4.69, 9.17) is 28.5 Å². The molecule has 6 nitrogen and oxygen atoms in total. The highest BCUT2D eigenvalue weighted by Crippen LogP contribution is 2.37. The topological polar surface area (TPSA) is 94.9 Å². The molecule has 144 valence electrons. The summed E-state index contributed by atoms with van der Waals surface area (Å²) in [6.07, 6.45) is 3.01. The molecule has 1 fully saturated rings. The van der Waals surface area contributed by atoms with Crippen molar-refractivity contribution in [3.05, 3.63) is 57.2 Å². The van der Waals surface area contributed by atoms with E-state index in [0.717, 1.165) is 24.8 Å². The summed E-state index contributed by atoms with van der Waals surface area (Å²) in [6, 6.07) is 10.3. The molecule has 0 aliphatic heterocycles. The molecule has 0 saturated heterocycles. The number of aromatic nitrogens is 1. The average molecular weight is 417 g/mol. The van der Waals surface area contributed by atoms with E-state index in [-0.39, 0.29) is 5.82 Å². The zero-order chi connectivity index (χ0) is 20.3. The number of aryl methyl sites for hydroxylation is 1. The van der Waals surface area contributed by atoms with Crippen molar-refractivity contribution < 1.29 is 9.59 Å². The van der Waals surface area contributed by atoms with Gasteiger partial charge in [0.15, 0.2) is 0 Å². The summed E-state index contributed by atoms with van der Waals surface area (Å²) < 4.78 is 0. The molecule has 1 aromatic carbocycles. The minimum atomic E-state index is -0.801. The highest BCUT2D eigenvalue weighted by Gasteiger charge is 2.40. The van der Waals surface area contributed by atoms with Crippen molar-refractivity contribution in [2.75, 3.05) is 5.32 Å². The molecule has 8 heteroatoms. The molecule has 0 atom stereocenters. The first-order valence-electron chi connectivity index (χ1n) is 8.77. The molecule has 0 spiro atoms. The zero-order valence-electron chi connectivity index (χ0n) is 15.2. The van der Waals surface area contributed by atoms with E-state index < -0.39 is 17.4 Å². The third-order valence-electron chi connectivity index (χ3n) is 4.89. The van der Waals surface area contributed by atoms with Crippen molar-refractivity contribution in [1.29, 1.82) is 5.26 Å². The highest BCUT2D eigenvalue weighted by molar-refractivity contribution is 6.39. The van der Waals surface area contributed by atoms with E-state index in [9.17, 15) is 9.59 Å². The lowest BCUT2D eigenvalue weighted by Crippen LogP contribution is -2.57. The fraction of sp³-hybridized carbons (Fsp3) is 0.300. The number of carbonyl (C=O) groups is 2. The van der Waals surface area contributed by atoms with E-state index in [0.29, 0.717) is 27.7 Å². The molecule has 1 aliphatic rings. The van der Waals surface area contributed by atoms with Gasteiger partial charge in [-0.25, -0.2) is 4.98 Å². The quantitative estimate of drug-likeness (QED) is 0.740. The Morgan fingerprint density at radius 2 is 1.96 bits per heavy atom. The maximum absolute atomic E-state index is 12.4. The van der Waals surface area contributed by atoms with Crippen LogP contribution in [0.5, 0.6) is 0 Å². The molecular formula is C20H18Cl2N4O2. The number of anilines is 1. The third-order valence-corrected chi connectivity index (χ3v) is 5.47. The van der Waals surface area contributed by atoms with Gasteiger partial charge in [-0.3, -0.25) is 9.59 Å². The van der Waals surface area contributed by atoms with Crippen molar-refractivity contribution in [1.82, 2.24) is 10.3 Å². The first-order chi connectivity index (χ1) is 13.3. The minimum absolute atomic E-state index is 0.222. The number of nitrogens with one attached hydrogen (secondary N) is 2. The number of rotatable bonds is 4. The van der Waals surface area contributed by atoms with Crippen LogP contribution in [-0.4, -0.2) is 22.3 Å². The monoisotopic (exact) mass is 416 g/mol. The molecule has 3 rings (SSSR count). The third kappa shape index (κ3) is 4.44. The van der Waals surface area contributed by atoms with Gasteiger partial charge in [0, 0.05) is 15.6 Å². The fourth-order valence-corrected chi connectivity index (χ4v) is 3.67. The maximum Gasteiger partial charge on any atom is 0.314 e. The Labute approximate surface area is 172 Å². The van der Waals surface area contributed by atoms with Gasteiger partial charge in [0.25, 0.3) is 0 Å². The summed E-state index contributed by atoms with van der Waals surface area (Å²) in [5, 5.41) is 15.3. The van der Waals surface area contributed by atoms with Crippen molar-refractivity contribution in [2.45, 2.75) is 38.1 Å². The predicted octanol–water partition coefficient (Wildman–Crippen LogP) is 3.79. The fourth-order valence-electron chi connectivity index (χ4n) is 3.20. The standard InChI is InChI=1S/C20H18Cl2N4O2/c1-12-14(11-23)4-6-17(24-12)25-18(27)19(28)26-20(7-2-8-20)10-13-3-5-15(21)9-16(13)22/h3-6,9H,2,7-8,10H2,1H3,(H,26,28)(H,24,25,27). The molecule has 1 aliphatic carbocycles. The molecule has 2 amide bonds. The number of halogens is 2. The van der Waals surface area contributed by atoms with Gasteiger partial charge < -0.3 is 10.6 Å². The highest BCUT2D eigenvalue weighted by atomic mass is 35.5. The van der Waals surface area contributed by atoms with Gasteiger partial charge in [0.05, 0.1) is 11.3 Å². The van der Waals surface area contributed by atoms with Crippen molar-refractivity contribution in [3.63, 3.8) is 0 Å². The number of carbonyl (C=O) groups excluding carboxylic acids is 2. The van der Waals surface area contributed by atoms with Crippen LogP contribution in [-0.2, 0) is 16.0 Å². The lowest BCUT2D eigenvalue weighted by atomic mass is 9.72. The summed E-state index contributed by atoms with van der Waals surface area (Å²) in [6.45, 7) is 1.66. The van der Waals surface area contributed by atoms with E-state index in [1.165, 1.54) is 6.07 Å². The molecule has 0 bridgehead atoms. The summed E-state index contributed by atoms with van der Waals surface area (Å²) in [5.41, 5.74) is 1.26. The Bertz CT molecular complexity index is 981. The lowest BCUT2D eigenvalue weighted by Gasteiger charge is -2.42. The molecule has 28 heavy (non-hydrogen) atoms. The minimum Gasteiger partial charge on any atom is -0.342 e. The van der Waals surface area contributed by atoms with Crippen LogP contribution in [0.25, 0.3) is 0 Å². The van der Waals surface area contributed by atoms with Crippen LogP contribution in [0.3, 0.4) is 0 Å². The lowest BCUT2D eigenvalue weighted by molar-refractivity contribution is -0.138. The first kappa shape index (κ1) is 20.1. The van der Waals surface area contributed by atoms with Crippen LogP contribution >= 0.6 is 23.2 Å². The summed E-state index contributed by atoms with van der Waals surface area (Å²) in [7, 11) is 0. The molecule has 1 aromatic heterocycles. The second-order valence-electron chi connectivity index (χ2n) is 6.90. The van der Waals surface area contributed by atoms with Gasteiger partial charge in [0.1, 0.15) is 11.9 Å². The number of benzene rings is 1. The normalized spacial score (nSPS) is 14.5. The smallest absolute Gasteiger partial charge is 0.314 e. The molecule has 1 heterocycles. The van der Waals surface area contributed by atoms with Crippen LogP contribution in [0.2, 0.25) is 10.0 Å². The van der Waals surface area contributed by atoms with Crippen LogP contribution in [0.4, 0.5) is 5.82 Å². The number of nitrogens with zero attached hydrogens (tertiary/aromatic N) is 2. The predicted molar refractivity (Wildman–Crippen MR) is 107 cm³/mol. The van der Waals surface area contributed by atoms with E-state index in [1.54, 1.807) is 25.1 Å². The molecule has 0 unspecified atom stereocenters. The number of nitriles is 1. The first-order valence-corrected chi connectivity index (χ1v) is 9.53. The Morgan fingerprint density at radius 3 is 2.54 bits per heavy atom. The number of hydrogen-bond donors (Lipinski definition) is 2. The summed E-state index contributed by atoms with van der Waals surface area (Å²) in [5.74, 6) is -1.31. The Kier molecular flexibility index (Phi) is 5.87. The van der Waals surface area contributed by atoms with Gasteiger partial charge in [-0.2, -0.15) is 5.26 Å². The van der Waals surface area contributed by atoms with Gasteiger partial charge in [-0.1, -0.05) is 29.3 Å². The summed E-state index contributed by atoms with van der Waals surface area (Å²) in [4.78, 5) is 28.8. The van der Waals surface area contributed by atoms with Gasteiger partial charge >= 0.3 is 11.8 Å². The van der Waals surface area contributed by atoms with Crippen LogP contribution in [0.1, 0.15) is 36.1 Å². The van der Waals surface area contributed by atoms with Gasteiger partial charge in [-0.05, 0) is 62.4 Å². The number of pyridine rings is 1. The zero-order valence-corrected chi connectivity index (χ0v) is 16.7. The van der Waals surface area contributed by atoms with E-state index in [1.807, 2.05) is 12.1 Å². The van der Waals surface area contributed by atoms with Crippen molar-refractivity contribution in [3.8, 4) is 6.07 Å².